The molecule has 1 unspecified atom stereocenters. The van der Waals surface area contributed by atoms with Crippen LogP contribution in [0.4, 0.5) is 21.7 Å². The Morgan fingerprint density at radius 3 is 2.73 bits per heavy atom. The molecule has 1 aromatic heterocycles. The molecule has 0 saturated heterocycles. The number of nitrogens with one attached hydrogen (secondary N) is 2. The number of aliphatic imine (C=N–C) groups is 1. The highest BCUT2D eigenvalue weighted by molar-refractivity contribution is 5.98. The smallest absolute Gasteiger partial charge is 0.211 e. The van der Waals surface area contributed by atoms with Crippen molar-refractivity contribution in [2.75, 3.05) is 16.8 Å². The summed E-state index contributed by atoms with van der Waals surface area (Å²) in [6, 6.07) is 5.42. The highest BCUT2D eigenvalue weighted by Gasteiger charge is 2.31. The summed E-state index contributed by atoms with van der Waals surface area (Å²) in [7, 11) is 0. The first-order valence-electron chi connectivity index (χ1n) is 7.25. The van der Waals surface area contributed by atoms with Gasteiger partial charge >= 0.3 is 0 Å². The second-order valence-electron chi connectivity index (χ2n) is 5.25. The molecule has 0 radical (unpaired) electrons. The molecule has 0 bridgehead atoms. The van der Waals surface area contributed by atoms with Crippen LogP contribution in [0.5, 0.6) is 0 Å². The van der Waals surface area contributed by atoms with Crippen LogP contribution in [0.3, 0.4) is 0 Å². The Morgan fingerprint density at radius 2 is 2.08 bits per heavy atom. The quantitative estimate of drug-likeness (QED) is 0.344. The van der Waals surface area contributed by atoms with E-state index in [0.717, 1.165) is 0 Å². The van der Waals surface area contributed by atoms with E-state index in [4.69, 9.17) is 23.2 Å². The van der Waals surface area contributed by atoms with Crippen molar-refractivity contribution < 1.29 is 4.39 Å². The number of hydrogen-bond acceptors (Lipinski definition) is 8. The van der Waals surface area contributed by atoms with E-state index in [1.807, 2.05) is 6.07 Å². The minimum absolute atomic E-state index is 0.0257. The van der Waals surface area contributed by atoms with Gasteiger partial charge in [0.05, 0.1) is 11.3 Å². The average molecular weight is 346 g/mol. The van der Waals surface area contributed by atoms with Gasteiger partial charge in [0.25, 0.3) is 0 Å². The van der Waals surface area contributed by atoms with Gasteiger partial charge in [-0.2, -0.15) is 10.5 Å². The van der Waals surface area contributed by atoms with E-state index in [1.54, 1.807) is 12.3 Å². The number of halogens is 1. The molecule has 8 nitrogen and oxygen atoms in total. The fourth-order valence-electron chi connectivity index (χ4n) is 2.68. The molecular weight excluding hydrogens is 335 g/mol. The summed E-state index contributed by atoms with van der Waals surface area (Å²) in [5, 5.41) is 23.2. The third kappa shape index (κ3) is 2.48. The molecule has 1 aliphatic rings. The van der Waals surface area contributed by atoms with Crippen LogP contribution in [0, 0.1) is 40.9 Å². The number of benzene rings is 1. The normalized spacial score (nSPS) is 14.7. The molecule has 0 amide bonds. The number of terminal acetylenes is 1. The lowest BCUT2D eigenvalue weighted by molar-refractivity contribution is 0.596. The summed E-state index contributed by atoms with van der Waals surface area (Å²) < 4.78 is 14.8. The Hall–Kier alpha value is -4.29. The number of hydrogen-bond donors (Lipinski definition) is 4. The second kappa shape index (κ2) is 6.31. The van der Waals surface area contributed by atoms with E-state index in [-0.39, 0.29) is 45.5 Å². The maximum absolute atomic E-state index is 14.8. The molecule has 1 aliphatic heterocycles. The lowest BCUT2D eigenvalue weighted by atomic mass is 9.93. The van der Waals surface area contributed by atoms with Crippen molar-refractivity contribution in [1.82, 2.24) is 10.3 Å². The second-order valence-corrected chi connectivity index (χ2v) is 5.25. The molecule has 6 N–H and O–H groups in total. The molecule has 0 fully saturated rings. The maximum Gasteiger partial charge on any atom is 0.211 e. The molecular formula is C17H11FN8. The van der Waals surface area contributed by atoms with Crippen LogP contribution in [0.1, 0.15) is 28.3 Å². The first-order valence-corrected chi connectivity index (χ1v) is 7.25. The van der Waals surface area contributed by atoms with E-state index in [1.165, 1.54) is 12.1 Å². The zero-order chi connectivity index (χ0) is 18.8. The van der Waals surface area contributed by atoms with Gasteiger partial charge in [0, 0.05) is 11.1 Å². The van der Waals surface area contributed by atoms with E-state index >= 15 is 0 Å². The van der Waals surface area contributed by atoms with Crippen molar-refractivity contribution in [2.45, 2.75) is 6.04 Å². The minimum atomic E-state index is -0.976. The van der Waals surface area contributed by atoms with Gasteiger partial charge in [0.15, 0.2) is 6.19 Å². The van der Waals surface area contributed by atoms with Crippen molar-refractivity contribution in [3.05, 3.63) is 46.3 Å². The molecule has 0 spiro atoms. The van der Waals surface area contributed by atoms with Gasteiger partial charge in [-0.3, -0.25) is 5.32 Å². The van der Waals surface area contributed by atoms with E-state index < -0.39 is 11.9 Å². The van der Waals surface area contributed by atoms with Crippen molar-refractivity contribution in [1.29, 1.82) is 10.5 Å². The fraction of sp³-hybridized carbons (Fsp3) is 0.0588. The summed E-state index contributed by atoms with van der Waals surface area (Å²) >= 11 is 0. The standard InChI is InChI=1S/C17H11FN8/c1-2-8-4-3-5-9(12(8)18)14-11-13(21)10(6-19)15(22)25-16(11)26-17(24-14)23-7-20/h1,3-5,14H,(H6,21,22,23,24,25,26). The SMILES string of the molecule is C#Cc1cccc(C2N=C(NC#N)Nc3nc(N)c(C#N)c(N)c32)c1F. The van der Waals surface area contributed by atoms with Crippen LogP contribution in [0.15, 0.2) is 23.2 Å². The number of fused-ring (bicyclic) bond motifs is 1. The number of nitrogens with zero attached hydrogens (tertiary/aromatic N) is 4. The fourth-order valence-corrected chi connectivity index (χ4v) is 2.68. The molecule has 9 heteroatoms. The van der Waals surface area contributed by atoms with Crippen LogP contribution in [-0.2, 0) is 0 Å². The maximum atomic E-state index is 14.8. The zero-order valence-corrected chi connectivity index (χ0v) is 13.2. The van der Waals surface area contributed by atoms with Gasteiger partial charge in [-0.15, -0.1) is 6.42 Å². The molecule has 3 rings (SSSR count). The van der Waals surface area contributed by atoms with Gasteiger partial charge in [0.2, 0.25) is 5.96 Å². The van der Waals surface area contributed by atoms with E-state index in [2.05, 4.69) is 26.5 Å². The molecule has 1 atom stereocenters. The third-order valence-electron chi connectivity index (χ3n) is 3.84. The average Bonchev–Trinajstić information content (AvgIpc) is 2.61. The number of guanidine groups is 1. The van der Waals surface area contributed by atoms with E-state index in [0.29, 0.717) is 0 Å². The van der Waals surface area contributed by atoms with Crippen molar-refractivity contribution >= 4 is 23.3 Å². The highest BCUT2D eigenvalue weighted by atomic mass is 19.1. The van der Waals surface area contributed by atoms with Gasteiger partial charge < -0.3 is 16.8 Å². The van der Waals surface area contributed by atoms with Gasteiger partial charge in [-0.05, 0) is 6.07 Å². The Morgan fingerprint density at radius 1 is 1.31 bits per heavy atom. The molecule has 2 aromatic rings. The summed E-state index contributed by atoms with van der Waals surface area (Å²) in [6.45, 7) is 0. The summed E-state index contributed by atoms with van der Waals surface area (Å²) in [4.78, 5) is 8.38. The highest BCUT2D eigenvalue weighted by Crippen LogP contribution is 2.41. The zero-order valence-electron chi connectivity index (χ0n) is 13.2. The summed E-state index contributed by atoms with van der Waals surface area (Å²) in [5.74, 6) is 1.72. The van der Waals surface area contributed by atoms with Crippen LogP contribution >= 0.6 is 0 Å². The molecule has 0 aliphatic carbocycles. The Balaban J connectivity index is 2.31. The lowest BCUT2D eigenvalue weighted by Crippen LogP contribution is -2.33. The third-order valence-corrected chi connectivity index (χ3v) is 3.84. The number of aromatic nitrogens is 1. The number of pyridine rings is 1. The number of anilines is 3. The first-order chi connectivity index (χ1) is 12.5. The van der Waals surface area contributed by atoms with Crippen molar-refractivity contribution in [2.24, 2.45) is 4.99 Å². The predicted octanol–water partition coefficient (Wildman–Crippen LogP) is 1.18. The number of nitrogen functional groups attached to an aromatic ring is 2. The van der Waals surface area contributed by atoms with E-state index in [9.17, 15) is 9.65 Å². The molecule has 126 valence electrons. The minimum Gasteiger partial charge on any atom is -0.397 e. The number of nitriles is 2. The Kier molecular flexibility index (Phi) is 4.02. The summed E-state index contributed by atoms with van der Waals surface area (Å²) in [6.07, 6.45) is 7.04. The molecule has 2 heterocycles. The van der Waals surface area contributed by atoms with Gasteiger partial charge in [-0.1, -0.05) is 18.1 Å². The monoisotopic (exact) mass is 346 g/mol. The lowest BCUT2D eigenvalue weighted by Gasteiger charge is -2.26. The van der Waals surface area contributed by atoms with Gasteiger partial charge in [0.1, 0.15) is 35.1 Å². The molecule has 0 saturated carbocycles. The molecule has 26 heavy (non-hydrogen) atoms. The van der Waals surface area contributed by atoms with Crippen molar-refractivity contribution in [3.63, 3.8) is 0 Å². The van der Waals surface area contributed by atoms with Crippen LogP contribution in [-0.4, -0.2) is 10.9 Å². The van der Waals surface area contributed by atoms with Crippen LogP contribution in [0.25, 0.3) is 0 Å². The largest absolute Gasteiger partial charge is 0.397 e. The number of rotatable bonds is 1. The molecule has 1 aromatic carbocycles. The van der Waals surface area contributed by atoms with Crippen LogP contribution in [0.2, 0.25) is 0 Å². The first kappa shape index (κ1) is 16.6. The van der Waals surface area contributed by atoms with Gasteiger partial charge in [-0.25, -0.2) is 14.4 Å². The summed E-state index contributed by atoms with van der Waals surface area (Å²) in [5.41, 5.74) is 12.3. The predicted molar refractivity (Wildman–Crippen MR) is 93.8 cm³/mol. The van der Waals surface area contributed by atoms with Crippen LogP contribution < -0.4 is 22.1 Å². The Labute approximate surface area is 148 Å². The topological polar surface area (TPSA) is 149 Å². The number of nitrogens with two attached hydrogens (primary N) is 2. The van der Waals surface area contributed by atoms with Crippen molar-refractivity contribution in [3.8, 4) is 24.6 Å². The Bertz CT molecular complexity index is 1070.